The van der Waals surface area contributed by atoms with Crippen molar-refractivity contribution in [2.45, 2.75) is 30.5 Å². The average molecular weight is 311 g/mol. The van der Waals surface area contributed by atoms with Gasteiger partial charge in [-0.3, -0.25) is 4.79 Å². The number of halogens is 1. The third-order valence-corrected chi connectivity index (χ3v) is 4.35. The van der Waals surface area contributed by atoms with Crippen LogP contribution in [0.15, 0.2) is 12.1 Å². The Kier molecular flexibility index (Phi) is 3.29. The van der Waals surface area contributed by atoms with Crippen molar-refractivity contribution in [2.24, 2.45) is 0 Å². The molecule has 0 unspecified atom stereocenters. The maximum absolute atomic E-state index is 12.3. The van der Waals surface area contributed by atoms with Crippen molar-refractivity contribution in [1.82, 2.24) is 0 Å². The lowest BCUT2D eigenvalue weighted by Gasteiger charge is -2.23. The first-order valence-electron chi connectivity index (χ1n) is 6.36. The molecule has 0 N–H and O–H groups in total. The standard InChI is InChI=1S/C14H15BrO3/c15-11-4-2-1-3-9-7-12-13(18-6-5-17-12)8-10(9)14(11)16/h7-8,11H,1-6H2/t11-/m1/s1. The number of benzene rings is 1. The molecule has 0 saturated carbocycles. The molecule has 1 heterocycles. The highest BCUT2D eigenvalue weighted by molar-refractivity contribution is 9.10. The average Bonchev–Trinajstić information content (AvgIpc) is 2.40. The minimum Gasteiger partial charge on any atom is -0.486 e. The number of fused-ring (bicyclic) bond motifs is 2. The molecule has 18 heavy (non-hydrogen) atoms. The maximum atomic E-state index is 12.3. The van der Waals surface area contributed by atoms with Crippen molar-refractivity contribution in [3.63, 3.8) is 0 Å². The number of carbonyl (C=O) groups excluding carboxylic acids is 1. The fraction of sp³-hybridized carbons (Fsp3) is 0.500. The topological polar surface area (TPSA) is 35.5 Å². The third-order valence-electron chi connectivity index (χ3n) is 3.47. The van der Waals surface area contributed by atoms with E-state index in [2.05, 4.69) is 15.9 Å². The zero-order chi connectivity index (χ0) is 12.5. The summed E-state index contributed by atoms with van der Waals surface area (Å²) in [4.78, 5) is 12.3. The fourth-order valence-electron chi connectivity index (χ4n) is 2.51. The van der Waals surface area contributed by atoms with Crippen molar-refractivity contribution in [3.05, 3.63) is 23.3 Å². The largest absolute Gasteiger partial charge is 0.486 e. The molecule has 1 aliphatic heterocycles. The van der Waals surface area contributed by atoms with E-state index in [0.717, 1.165) is 42.6 Å². The Morgan fingerprint density at radius 1 is 1.11 bits per heavy atom. The first-order chi connectivity index (χ1) is 8.75. The molecular formula is C14H15BrO3. The van der Waals surface area contributed by atoms with Crippen LogP contribution in [0, 0.1) is 0 Å². The molecule has 0 saturated heterocycles. The SMILES string of the molecule is O=C1c2cc3c(cc2CCCC[C@H]1Br)OCCO3. The van der Waals surface area contributed by atoms with Crippen molar-refractivity contribution in [2.75, 3.05) is 13.2 Å². The first-order valence-corrected chi connectivity index (χ1v) is 7.28. The van der Waals surface area contributed by atoms with Gasteiger partial charge in [-0.15, -0.1) is 0 Å². The van der Waals surface area contributed by atoms with E-state index in [1.54, 1.807) is 0 Å². The van der Waals surface area contributed by atoms with E-state index in [-0.39, 0.29) is 10.6 Å². The number of rotatable bonds is 0. The second-order valence-corrected chi connectivity index (χ2v) is 5.84. The van der Waals surface area contributed by atoms with Gasteiger partial charge in [0.1, 0.15) is 13.2 Å². The van der Waals surface area contributed by atoms with Crippen LogP contribution in [0.25, 0.3) is 0 Å². The Morgan fingerprint density at radius 3 is 2.61 bits per heavy atom. The first kappa shape index (κ1) is 12.0. The molecule has 96 valence electrons. The summed E-state index contributed by atoms with van der Waals surface area (Å²) in [6, 6.07) is 3.83. The number of carbonyl (C=O) groups is 1. The Hall–Kier alpha value is -1.03. The maximum Gasteiger partial charge on any atom is 0.176 e. The third kappa shape index (κ3) is 2.14. The lowest BCUT2D eigenvalue weighted by atomic mass is 9.92. The Labute approximate surface area is 115 Å². The van der Waals surface area contributed by atoms with Crippen LogP contribution < -0.4 is 9.47 Å². The van der Waals surface area contributed by atoms with Gasteiger partial charge in [-0.05, 0) is 37.0 Å². The summed E-state index contributed by atoms with van der Waals surface area (Å²) in [5.41, 5.74) is 1.88. The second kappa shape index (κ2) is 4.92. The lowest BCUT2D eigenvalue weighted by molar-refractivity contribution is 0.0983. The van der Waals surface area contributed by atoms with Gasteiger partial charge in [-0.1, -0.05) is 22.4 Å². The highest BCUT2D eigenvalue weighted by Crippen LogP contribution is 2.36. The van der Waals surface area contributed by atoms with Crippen LogP contribution in [0.4, 0.5) is 0 Å². The predicted molar refractivity (Wildman–Crippen MR) is 72.0 cm³/mol. The van der Waals surface area contributed by atoms with E-state index in [9.17, 15) is 4.79 Å². The zero-order valence-electron chi connectivity index (χ0n) is 10.1. The monoisotopic (exact) mass is 310 g/mol. The Balaban J connectivity index is 2.06. The molecule has 3 nitrogen and oxygen atoms in total. The molecule has 2 aliphatic rings. The molecule has 3 rings (SSSR count). The van der Waals surface area contributed by atoms with Crippen LogP contribution >= 0.6 is 15.9 Å². The van der Waals surface area contributed by atoms with Crippen LogP contribution in [0.1, 0.15) is 35.2 Å². The summed E-state index contributed by atoms with van der Waals surface area (Å²) >= 11 is 3.48. The van der Waals surface area contributed by atoms with Crippen molar-refractivity contribution in [3.8, 4) is 11.5 Å². The fourth-order valence-corrected chi connectivity index (χ4v) is 3.08. The number of alkyl halides is 1. The normalized spacial score (nSPS) is 22.9. The van der Waals surface area contributed by atoms with E-state index in [0.29, 0.717) is 19.0 Å². The van der Waals surface area contributed by atoms with Crippen molar-refractivity contribution >= 4 is 21.7 Å². The molecule has 0 fully saturated rings. The summed E-state index contributed by atoms with van der Waals surface area (Å²) in [7, 11) is 0. The van der Waals surface area contributed by atoms with E-state index in [4.69, 9.17) is 9.47 Å². The molecule has 0 radical (unpaired) electrons. The molecule has 0 spiro atoms. The number of ketones is 1. The molecule has 0 aromatic heterocycles. The summed E-state index contributed by atoms with van der Waals surface area (Å²) in [5, 5.41) is 0. The van der Waals surface area contributed by atoms with Gasteiger partial charge in [0.25, 0.3) is 0 Å². The highest BCUT2D eigenvalue weighted by atomic mass is 79.9. The molecule has 1 aromatic rings. The van der Waals surface area contributed by atoms with Gasteiger partial charge in [0.15, 0.2) is 17.3 Å². The molecule has 4 heteroatoms. The smallest absolute Gasteiger partial charge is 0.176 e. The van der Waals surface area contributed by atoms with Gasteiger partial charge >= 0.3 is 0 Å². The number of hydrogen-bond acceptors (Lipinski definition) is 3. The summed E-state index contributed by atoms with van der Waals surface area (Å²) in [5.74, 6) is 1.65. The van der Waals surface area contributed by atoms with E-state index >= 15 is 0 Å². The molecule has 1 atom stereocenters. The quantitative estimate of drug-likeness (QED) is 0.691. The Bertz CT molecular complexity index is 484. The number of Topliss-reactive ketones (excluding diaryl/α,β-unsaturated/α-hetero) is 1. The molecule has 1 aromatic carbocycles. The van der Waals surface area contributed by atoms with Crippen LogP contribution in [-0.2, 0) is 6.42 Å². The Morgan fingerprint density at radius 2 is 1.83 bits per heavy atom. The van der Waals surface area contributed by atoms with Crippen LogP contribution in [0.2, 0.25) is 0 Å². The van der Waals surface area contributed by atoms with Gasteiger partial charge in [-0.25, -0.2) is 0 Å². The molecule has 0 bridgehead atoms. The van der Waals surface area contributed by atoms with Crippen LogP contribution in [0.5, 0.6) is 11.5 Å². The molecular weight excluding hydrogens is 296 g/mol. The van der Waals surface area contributed by atoms with Gasteiger partial charge in [0.05, 0.1) is 4.83 Å². The van der Waals surface area contributed by atoms with Crippen molar-refractivity contribution in [1.29, 1.82) is 0 Å². The lowest BCUT2D eigenvalue weighted by Crippen LogP contribution is -2.21. The summed E-state index contributed by atoms with van der Waals surface area (Å²) in [6.45, 7) is 1.14. The minimum atomic E-state index is -0.0703. The second-order valence-electron chi connectivity index (χ2n) is 4.73. The van der Waals surface area contributed by atoms with Crippen molar-refractivity contribution < 1.29 is 14.3 Å². The van der Waals surface area contributed by atoms with Crippen LogP contribution in [0.3, 0.4) is 0 Å². The van der Waals surface area contributed by atoms with E-state index in [1.807, 2.05) is 12.1 Å². The number of ether oxygens (including phenoxy) is 2. The number of aryl methyl sites for hydroxylation is 1. The highest BCUT2D eigenvalue weighted by Gasteiger charge is 2.25. The molecule has 0 amide bonds. The van der Waals surface area contributed by atoms with Gasteiger partial charge in [0, 0.05) is 5.56 Å². The predicted octanol–water partition coefficient (Wildman–Crippen LogP) is 3.13. The number of hydrogen-bond donors (Lipinski definition) is 0. The minimum absolute atomic E-state index is 0.0703. The summed E-state index contributed by atoms with van der Waals surface area (Å²) in [6.07, 6.45) is 4.04. The van der Waals surface area contributed by atoms with Gasteiger partial charge < -0.3 is 9.47 Å². The molecule has 1 aliphatic carbocycles. The zero-order valence-corrected chi connectivity index (χ0v) is 11.7. The summed E-state index contributed by atoms with van der Waals surface area (Å²) < 4.78 is 11.1. The van der Waals surface area contributed by atoms with E-state index in [1.165, 1.54) is 0 Å². The van der Waals surface area contributed by atoms with Gasteiger partial charge in [-0.2, -0.15) is 0 Å². The van der Waals surface area contributed by atoms with Crippen LogP contribution in [-0.4, -0.2) is 23.8 Å². The van der Waals surface area contributed by atoms with E-state index < -0.39 is 0 Å². The van der Waals surface area contributed by atoms with Gasteiger partial charge in [0.2, 0.25) is 0 Å².